The van der Waals surface area contributed by atoms with Crippen LogP contribution in [0.2, 0.25) is 0 Å². The number of hydrogen-bond donors (Lipinski definition) is 0. The third-order valence-corrected chi connectivity index (χ3v) is 4.58. The second kappa shape index (κ2) is 6.05. The number of nitrogens with zero attached hydrogens (tertiary/aromatic N) is 3. The van der Waals surface area contributed by atoms with Gasteiger partial charge in [-0.2, -0.15) is 5.10 Å². The summed E-state index contributed by atoms with van der Waals surface area (Å²) in [6, 6.07) is 0.412. The van der Waals surface area contributed by atoms with Crippen molar-refractivity contribution in [3.05, 3.63) is 18.0 Å². The first-order chi connectivity index (χ1) is 8.94. The number of aromatic nitrogens is 2. The van der Waals surface area contributed by atoms with Crippen molar-refractivity contribution in [2.75, 3.05) is 25.1 Å². The lowest BCUT2D eigenvalue weighted by atomic mass is 10.0. The van der Waals surface area contributed by atoms with Crippen molar-refractivity contribution in [3.63, 3.8) is 0 Å². The van der Waals surface area contributed by atoms with Crippen molar-refractivity contribution in [2.45, 2.75) is 38.8 Å². The van der Waals surface area contributed by atoms with E-state index in [0.29, 0.717) is 12.6 Å². The van der Waals surface area contributed by atoms with Gasteiger partial charge in [-0.1, -0.05) is 6.42 Å². The number of sulfone groups is 1. The fraction of sp³-hybridized carbons (Fsp3) is 0.769. The van der Waals surface area contributed by atoms with Crippen LogP contribution in [-0.4, -0.2) is 54.2 Å². The number of likely N-dealkylation sites (tertiary alicyclic amines) is 1. The normalized spacial score (nSPS) is 21.7. The fourth-order valence-electron chi connectivity index (χ4n) is 2.63. The summed E-state index contributed by atoms with van der Waals surface area (Å²) in [5.74, 6) is 0.252. The molecule has 1 atom stereocenters. The summed E-state index contributed by atoms with van der Waals surface area (Å²) in [6.07, 6.45) is 8.73. The van der Waals surface area contributed by atoms with E-state index in [0.717, 1.165) is 19.5 Å². The molecule has 1 fully saturated rings. The predicted octanol–water partition coefficient (Wildman–Crippen LogP) is 1.09. The molecule has 2 rings (SSSR count). The highest BCUT2D eigenvalue weighted by atomic mass is 32.2. The smallest absolute Gasteiger partial charge is 0.148 e. The number of rotatable bonds is 5. The molecule has 0 aliphatic carbocycles. The molecule has 108 valence electrons. The van der Waals surface area contributed by atoms with E-state index in [9.17, 15) is 8.42 Å². The van der Waals surface area contributed by atoms with Gasteiger partial charge in [-0.3, -0.25) is 9.58 Å². The van der Waals surface area contributed by atoms with Crippen LogP contribution in [0.4, 0.5) is 0 Å². The molecule has 5 nitrogen and oxygen atoms in total. The first-order valence-corrected chi connectivity index (χ1v) is 8.91. The van der Waals surface area contributed by atoms with Gasteiger partial charge in [0, 0.05) is 25.0 Å². The highest BCUT2D eigenvalue weighted by molar-refractivity contribution is 7.90. The summed E-state index contributed by atoms with van der Waals surface area (Å²) >= 11 is 0. The minimum Gasteiger partial charge on any atom is -0.298 e. The summed E-state index contributed by atoms with van der Waals surface area (Å²) < 4.78 is 24.6. The van der Waals surface area contributed by atoms with Gasteiger partial charge in [-0.25, -0.2) is 8.42 Å². The van der Waals surface area contributed by atoms with Crippen LogP contribution >= 0.6 is 0 Å². The third kappa shape index (κ3) is 4.62. The number of aryl methyl sites for hydroxylation is 1. The topological polar surface area (TPSA) is 55.2 Å². The molecule has 0 amide bonds. The van der Waals surface area contributed by atoms with Gasteiger partial charge in [0.25, 0.3) is 0 Å². The summed E-state index contributed by atoms with van der Waals surface area (Å²) in [7, 11) is -2.88. The van der Waals surface area contributed by atoms with Crippen LogP contribution in [0.5, 0.6) is 0 Å². The monoisotopic (exact) mass is 285 g/mol. The molecule has 0 N–H and O–H groups in total. The van der Waals surface area contributed by atoms with Gasteiger partial charge in [0.05, 0.1) is 18.5 Å². The fourth-order valence-corrected chi connectivity index (χ4v) is 3.19. The highest BCUT2D eigenvalue weighted by Crippen LogP contribution is 2.18. The van der Waals surface area contributed by atoms with Crippen LogP contribution in [0.3, 0.4) is 0 Å². The first kappa shape index (κ1) is 14.5. The summed E-state index contributed by atoms with van der Waals surface area (Å²) in [5, 5.41) is 4.32. The van der Waals surface area contributed by atoms with Crippen molar-refractivity contribution >= 4 is 9.84 Å². The molecular weight excluding hydrogens is 262 g/mol. The molecule has 1 aliphatic heterocycles. The molecule has 0 unspecified atom stereocenters. The van der Waals surface area contributed by atoms with Crippen molar-refractivity contribution in [3.8, 4) is 0 Å². The molecule has 0 radical (unpaired) electrons. The molecule has 19 heavy (non-hydrogen) atoms. The lowest BCUT2D eigenvalue weighted by molar-refractivity contribution is 0.138. The minimum absolute atomic E-state index is 0.252. The molecule has 6 heteroatoms. The van der Waals surface area contributed by atoms with E-state index >= 15 is 0 Å². The molecule has 0 spiro atoms. The van der Waals surface area contributed by atoms with Gasteiger partial charge in [0.1, 0.15) is 9.84 Å². The second-order valence-corrected chi connectivity index (χ2v) is 7.81. The Hall–Kier alpha value is -0.880. The SMILES string of the molecule is Cc1cnn(C[C@@H]2CCCCN2CCS(C)(=O)=O)c1. The van der Waals surface area contributed by atoms with Gasteiger partial charge in [0.15, 0.2) is 0 Å². The Morgan fingerprint density at radius 3 is 2.84 bits per heavy atom. The van der Waals surface area contributed by atoms with E-state index in [1.807, 2.05) is 24.0 Å². The maximum Gasteiger partial charge on any atom is 0.148 e. The van der Waals surface area contributed by atoms with E-state index in [1.54, 1.807) is 0 Å². The van der Waals surface area contributed by atoms with Crippen molar-refractivity contribution < 1.29 is 8.42 Å². The zero-order valence-corrected chi connectivity index (χ0v) is 12.6. The van der Waals surface area contributed by atoms with Gasteiger partial charge in [-0.15, -0.1) is 0 Å². The molecule has 1 aromatic rings. The number of hydrogen-bond acceptors (Lipinski definition) is 4. The Balaban J connectivity index is 1.95. The van der Waals surface area contributed by atoms with Crippen molar-refractivity contribution in [1.29, 1.82) is 0 Å². The maximum absolute atomic E-state index is 11.3. The molecule has 0 saturated carbocycles. The summed E-state index contributed by atoms with van der Waals surface area (Å²) in [6.45, 7) is 4.54. The second-order valence-electron chi connectivity index (χ2n) is 5.56. The Morgan fingerprint density at radius 2 is 2.21 bits per heavy atom. The zero-order chi connectivity index (χ0) is 13.9. The Bertz CT molecular complexity index is 510. The average molecular weight is 285 g/mol. The van der Waals surface area contributed by atoms with Crippen LogP contribution in [0.25, 0.3) is 0 Å². The van der Waals surface area contributed by atoms with Crippen molar-refractivity contribution in [2.24, 2.45) is 0 Å². The molecule has 2 heterocycles. The van der Waals surface area contributed by atoms with Gasteiger partial charge in [-0.05, 0) is 31.9 Å². The molecule has 0 bridgehead atoms. The van der Waals surface area contributed by atoms with Crippen molar-refractivity contribution in [1.82, 2.24) is 14.7 Å². The van der Waals surface area contributed by atoms with E-state index in [4.69, 9.17) is 0 Å². The van der Waals surface area contributed by atoms with Crippen LogP contribution in [0.15, 0.2) is 12.4 Å². The molecule has 0 aromatic carbocycles. The Kier molecular flexibility index (Phi) is 4.62. The van der Waals surface area contributed by atoms with E-state index < -0.39 is 9.84 Å². The standard InChI is InChI=1S/C13H23N3O2S/c1-12-9-14-16(10-12)11-13-5-3-4-6-15(13)7-8-19(2,17)18/h9-10,13H,3-8,11H2,1-2H3/t13-/m0/s1. The minimum atomic E-state index is -2.88. The van der Waals surface area contributed by atoms with Crippen LogP contribution in [0, 0.1) is 6.92 Å². The maximum atomic E-state index is 11.3. The van der Waals surface area contributed by atoms with Gasteiger partial charge < -0.3 is 0 Å². The van der Waals surface area contributed by atoms with Crippen LogP contribution in [-0.2, 0) is 16.4 Å². The largest absolute Gasteiger partial charge is 0.298 e. The van der Waals surface area contributed by atoms with Gasteiger partial charge in [0.2, 0.25) is 0 Å². The molecule has 1 saturated heterocycles. The average Bonchev–Trinajstić information content (AvgIpc) is 2.73. The van der Waals surface area contributed by atoms with E-state index in [1.165, 1.54) is 24.7 Å². The first-order valence-electron chi connectivity index (χ1n) is 6.85. The van der Waals surface area contributed by atoms with E-state index in [-0.39, 0.29) is 5.75 Å². The van der Waals surface area contributed by atoms with E-state index in [2.05, 4.69) is 10.00 Å². The third-order valence-electron chi connectivity index (χ3n) is 3.66. The molecule has 1 aliphatic rings. The lowest BCUT2D eigenvalue weighted by Gasteiger charge is -2.35. The van der Waals surface area contributed by atoms with Crippen LogP contribution < -0.4 is 0 Å². The molecule has 1 aromatic heterocycles. The quantitative estimate of drug-likeness (QED) is 0.812. The number of piperidine rings is 1. The highest BCUT2D eigenvalue weighted by Gasteiger charge is 2.23. The Morgan fingerprint density at radius 1 is 1.42 bits per heavy atom. The predicted molar refractivity (Wildman–Crippen MR) is 75.9 cm³/mol. The summed E-state index contributed by atoms with van der Waals surface area (Å²) in [5.41, 5.74) is 1.17. The Labute approximate surface area is 115 Å². The zero-order valence-electron chi connectivity index (χ0n) is 11.7. The molecular formula is C13H23N3O2S. The van der Waals surface area contributed by atoms with Crippen LogP contribution in [0.1, 0.15) is 24.8 Å². The lowest BCUT2D eigenvalue weighted by Crippen LogP contribution is -2.44. The summed E-state index contributed by atoms with van der Waals surface area (Å²) in [4.78, 5) is 2.31. The van der Waals surface area contributed by atoms with Gasteiger partial charge >= 0.3 is 0 Å².